The summed E-state index contributed by atoms with van der Waals surface area (Å²) in [7, 11) is 0. The van der Waals surface area contributed by atoms with Gasteiger partial charge in [-0.15, -0.1) is 0 Å². The van der Waals surface area contributed by atoms with Gasteiger partial charge in [0, 0.05) is 6.07 Å². The van der Waals surface area contributed by atoms with Crippen molar-refractivity contribution < 1.29 is 9.66 Å². The third-order valence-electron chi connectivity index (χ3n) is 2.78. The fourth-order valence-electron chi connectivity index (χ4n) is 1.79. The van der Waals surface area contributed by atoms with E-state index in [0.717, 1.165) is 5.56 Å². The molecule has 0 atom stereocenters. The smallest absolute Gasteiger partial charge is 0.313 e. The number of ether oxygens (including phenoxy) is 1. The first kappa shape index (κ1) is 14.8. The zero-order chi connectivity index (χ0) is 15.6. The van der Waals surface area contributed by atoms with Gasteiger partial charge in [0.05, 0.1) is 15.5 Å². The Kier molecular flexibility index (Phi) is 4.09. The van der Waals surface area contributed by atoms with E-state index in [4.69, 9.17) is 27.5 Å². The molecule has 0 bridgehead atoms. The fraction of sp³-hybridized carbons (Fsp3) is 0.0714. The van der Waals surface area contributed by atoms with Crippen molar-refractivity contribution in [3.8, 4) is 11.5 Å². The van der Waals surface area contributed by atoms with Gasteiger partial charge >= 0.3 is 5.69 Å². The molecule has 2 aromatic rings. The first-order valence-electron chi connectivity index (χ1n) is 5.96. The topological polar surface area (TPSA) is 102 Å². The highest BCUT2D eigenvalue weighted by Gasteiger charge is 2.20. The second-order valence-corrected chi connectivity index (χ2v) is 4.77. The number of hydrogen-bond acceptors (Lipinski definition) is 4. The Balaban J connectivity index is 2.55. The minimum Gasteiger partial charge on any atom is -0.448 e. The lowest BCUT2D eigenvalue weighted by Crippen LogP contribution is -2.12. The van der Waals surface area contributed by atoms with E-state index < -0.39 is 4.92 Å². The quantitative estimate of drug-likeness (QED) is 0.389. The molecule has 0 radical (unpaired) electrons. The van der Waals surface area contributed by atoms with Crippen LogP contribution in [0.2, 0.25) is 5.02 Å². The van der Waals surface area contributed by atoms with Gasteiger partial charge in [-0.3, -0.25) is 15.5 Å². The fourth-order valence-corrected chi connectivity index (χ4v) is 2.00. The summed E-state index contributed by atoms with van der Waals surface area (Å²) < 4.78 is 5.58. The minimum absolute atomic E-state index is 0.0720. The molecule has 2 aromatic carbocycles. The van der Waals surface area contributed by atoms with Crippen LogP contribution in [0.3, 0.4) is 0 Å². The number of para-hydroxylation sites is 1. The predicted molar refractivity (Wildman–Crippen MR) is 80.4 cm³/mol. The molecule has 6 nitrogen and oxygen atoms in total. The molecule has 0 aliphatic heterocycles. The lowest BCUT2D eigenvalue weighted by atomic mass is 10.1. The number of nitro benzene ring substituents is 1. The predicted octanol–water partition coefficient (Wildman–Crippen LogP) is 3.63. The Morgan fingerprint density at radius 1 is 1.38 bits per heavy atom. The van der Waals surface area contributed by atoms with Gasteiger partial charge < -0.3 is 10.5 Å². The number of amidine groups is 1. The first-order valence-corrected chi connectivity index (χ1v) is 6.33. The SMILES string of the molecule is Cc1ccc(C(=N)N)c(Oc2c(Cl)cccc2[N+](=O)[O-])c1. The van der Waals surface area contributed by atoms with Crippen LogP contribution in [0.1, 0.15) is 11.1 Å². The lowest BCUT2D eigenvalue weighted by molar-refractivity contribution is -0.385. The molecule has 0 aliphatic rings. The van der Waals surface area contributed by atoms with E-state index in [-0.39, 0.29) is 28.0 Å². The van der Waals surface area contributed by atoms with Crippen molar-refractivity contribution in [2.75, 3.05) is 0 Å². The zero-order valence-electron chi connectivity index (χ0n) is 11.1. The summed E-state index contributed by atoms with van der Waals surface area (Å²) in [5, 5.41) is 18.7. The number of hydrogen-bond donors (Lipinski definition) is 2. The van der Waals surface area contributed by atoms with Crippen molar-refractivity contribution in [1.82, 2.24) is 0 Å². The molecule has 0 heterocycles. The maximum atomic E-state index is 11.0. The van der Waals surface area contributed by atoms with Crippen molar-refractivity contribution in [2.45, 2.75) is 6.92 Å². The molecule has 0 unspecified atom stereocenters. The number of benzene rings is 2. The van der Waals surface area contributed by atoms with E-state index in [0.29, 0.717) is 5.56 Å². The number of halogens is 1. The Morgan fingerprint density at radius 3 is 2.71 bits per heavy atom. The second kappa shape index (κ2) is 5.80. The Labute approximate surface area is 125 Å². The number of rotatable bonds is 4. The van der Waals surface area contributed by atoms with Gasteiger partial charge in [-0.1, -0.05) is 23.7 Å². The number of aryl methyl sites for hydroxylation is 1. The molecule has 0 aliphatic carbocycles. The summed E-state index contributed by atoms with van der Waals surface area (Å²) in [6, 6.07) is 9.29. The molecule has 0 spiro atoms. The van der Waals surface area contributed by atoms with Gasteiger partial charge in [0.2, 0.25) is 5.75 Å². The molecule has 0 saturated carbocycles. The Morgan fingerprint density at radius 2 is 2.10 bits per heavy atom. The molecule has 0 fully saturated rings. The summed E-state index contributed by atoms with van der Waals surface area (Å²) in [5.74, 6) is -0.0179. The minimum atomic E-state index is -0.579. The normalized spacial score (nSPS) is 10.2. The molecular formula is C14H12ClN3O3. The van der Waals surface area contributed by atoms with Crippen molar-refractivity contribution in [3.05, 3.63) is 62.7 Å². The van der Waals surface area contributed by atoms with E-state index in [1.54, 1.807) is 18.2 Å². The van der Waals surface area contributed by atoms with Crippen molar-refractivity contribution in [3.63, 3.8) is 0 Å². The van der Waals surface area contributed by atoms with Crippen LogP contribution in [0, 0.1) is 22.4 Å². The summed E-state index contributed by atoms with van der Waals surface area (Å²) in [6.07, 6.45) is 0. The van der Waals surface area contributed by atoms with Crippen LogP contribution >= 0.6 is 11.6 Å². The molecule has 0 amide bonds. The molecule has 21 heavy (non-hydrogen) atoms. The number of nitrogens with two attached hydrogens (primary N) is 1. The van der Waals surface area contributed by atoms with Crippen LogP contribution in [0.15, 0.2) is 36.4 Å². The van der Waals surface area contributed by atoms with E-state index in [2.05, 4.69) is 0 Å². The Hall–Kier alpha value is -2.60. The number of nitrogen functional groups attached to an aromatic ring is 1. The van der Waals surface area contributed by atoms with E-state index >= 15 is 0 Å². The summed E-state index contributed by atoms with van der Waals surface area (Å²) >= 11 is 5.98. The van der Waals surface area contributed by atoms with Gasteiger partial charge in [-0.2, -0.15) is 0 Å². The maximum Gasteiger partial charge on any atom is 0.313 e. The second-order valence-electron chi connectivity index (χ2n) is 4.36. The van der Waals surface area contributed by atoms with E-state index in [9.17, 15) is 10.1 Å². The van der Waals surface area contributed by atoms with Gasteiger partial charge in [0.25, 0.3) is 0 Å². The Bertz CT molecular complexity index is 731. The maximum absolute atomic E-state index is 11.0. The molecule has 108 valence electrons. The van der Waals surface area contributed by atoms with Crippen LogP contribution in [0.4, 0.5) is 5.69 Å². The first-order chi connectivity index (χ1) is 9.90. The molecule has 2 rings (SSSR count). The van der Waals surface area contributed by atoms with Crippen molar-refractivity contribution in [2.24, 2.45) is 5.73 Å². The van der Waals surface area contributed by atoms with Crippen LogP contribution in [0.25, 0.3) is 0 Å². The molecule has 7 heteroatoms. The molecule has 3 N–H and O–H groups in total. The van der Waals surface area contributed by atoms with Crippen LogP contribution in [-0.4, -0.2) is 10.8 Å². The molecule has 0 saturated heterocycles. The average Bonchev–Trinajstić information content (AvgIpc) is 2.40. The lowest BCUT2D eigenvalue weighted by Gasteiger charge is -2.12. The van der Waals surface area contributed by atoms with Crippen LogP contribution < -0.4 is 10.5 Å². The number of nitrogens with one attached hydrogen (secondary N) is 1. The average molecular weight is 306 g/mol. The van der Waals surface area contributed by atoms with Gasteiger partial charge in [-0.25, -0.2) is 0 Å². The highest BCUT2D eigenvalue weighted by Crippen LogP contribution is 2.38. The van der Waals surface area contributed by atoms with E-state index in [1.165, 1.54) is 18.2 Å². The summed E-state index contributed by atoms with van der Waals surface area (Å²) in [4.78, 5) is 10.5. The van der Waals surface area contributed by atoms with Gasteiger partial charge in [0.15, 0.2) is 0 Å². The largest absolute Gasteiger partial charge is 0.448 e. The highest BCUT2D eigenvalue weighted by atomic mass is 35.5. The third kappa shape index (κ3) is 3.11. The van der Waals surface area contributed by atoms with Gasteiger partial charge in [0.1, 0.15) is 11.6 Å². The van der Waals surface area contributed by atoms with Crippen molar-refractivity contribution in [1.29, 1.82) is 5.41 Å². The zero-order valence-corrected chi connectivity index (χ0v) is 11.8. The number of nitrogens with zero attached hydrogens (tertiary/aromatic N) is 1. The molecule has 0 aromatic heterocycles. The number of nitro groups is 1. The standard InChI is InChI=1S/C14H12ClN3O3/c1-8-5-6-9(14(16)17)12(7-8)21-13-10(15)3-2-4-11(13)18(19)20/h2-7H,1H3,(H3,16,17). The van der Waals surface area contributed by atoms with Crippen LogP contribution in [-0.2, 0) is 0 Å². The highest BCUT2D eigenvalue weighted by molar-refractivity contribution is 6.32. The van der Waals surface area contributed by atoms with Gasteiger partial charge in [-0.05, 0) is 30.7 Å². The monoisotopic (exact) mass is 305 g/mol. The van der Waals surface area contributed by atoms with Crippen LogP contribution in [0.5, 0.6) is 11.5 Å². The molecular weight excluding hydrogens is 294 g/mol. The van der Waals surface area contributed by atoms with Crippen molar-refractivity contribution >= 4 is 23.1 Å². The third-order valence-corrected chi connectivity index (χ3v) is 3.08. The summed E-state index contributed by atoms with van der Waals surface area (Å²) in [5.41, 5.74) is 6.45. The summed E-state index contributed by atoms with van der Waals surface area (Å²) in [6.45, 7) is 1.83. The van der Waals surface area contributed by atoms with E-state index in [1.807, 2.05) is 6.92 Å².